The summed E-state index contributed by atoms with van der Waals surface area (Å²) in [6.45, 7) is 6.53. The smallest absolute Gasteiger partial charge is 0.255 e. The molecular formula is C19H24N4O3. The Bertz CT molecular complexity index is 757. The van der Waals surface area contributed by atoms with E-state index in [0.717, 1.165) is 31.7 Å². The zero-order valence-electron chi connectivity index (χ0n) is 15.0. The van der Waals surface area contributed by atoms with Crippen molar-refractivity contribution in [2.24, 2.45) is 0 Å². The average molecular weight is 356 g/mol. The lowest BCUT2D eigenvalue weighted by Gasteiger charge is -2.39. The number of carbonyl (C=O) groups excluding carboxylic acids is 3. The molecule has 0 spiro atoms. The van der Waals surface area contributed by atoms with Crippen molar-refractivity contribution in [3.63, 3.8) is 0 Å². The number of carbonyl (C=O) groups is 3. The van der Waals surface area contributed by atoms with E-state index in [-0.39, 0.29) is 24.1 Å². The van der Waals surface area contributed by atoms with E-state index in [0.29, 0.717) is 24.6 Å². The number of likely N-dealkylation sites (N-methyl/N-ethyl adjacent to an activating group) is 1. The predicted molar refractivity (Wildman–Crippen MR) is 95.2 cm³/mol. The number of likely N-dealkylation sites (tertiary alicyclic amines) is 1. The Morgan fingerprint density at radius 2 is 2.04 bits per heavy atom. The Hall–Kier alpha value is -2.25. The van der Waals surface area contributed by atoms with Gasteiger partial charge in [-0.2, -0.15) is 0 Å². The van der Waals surface area contributed by atoms with E-state index in [4.69, 9.17) is 0 Å². The minimum atomic E-state index is -0.549. The van der Waals surface area contributed by atoms with Gasteiger partial charge >= 0.3 is 0 Å². The number of rotatable bonds is 5. The van der Waals surface area contributed by atoms with Gasteiger partial charge in [-0.05, 0) is 30.2 Å². The van der Waals surface area contributed by atoms with Crippen LogP contribution in [0.5, 0.6) is 0 Å². The molecule has 3 heterocycles. The summed E-state index contributed by atoms with van der Waals surface area (Å²) < 4.78 is 0. The molecule has 2 fully saturated rings. The van der Waals surface area contributed by atoms with Gasteiger partial charge < -0.3 is 10.2 Å². The van der Waals surface area contributed by atoms with Crippen molar-refractivity contribution >= 4 is 17.7 Å². The lowest BCUT2D eigenvalue weighted by molar-refractivity contribution is -0.136. The minimum Gasteiger partial charge on any atom is -0.322 e. The molecule has 3 aliphatic rings. The van der Waals surface area contributed by atoms with Crippen molar-refractivity contribution in [1.82, 2.24) is 20.4 Å². The van der Waals surface area contributed by atoms with Crippen LogP contribution in [-0.2, 0) is 22.7 Å². The van der Waals surface area contributed by atoms with Gasteiger partial charge in [-0.15, -0.1) is 0 Å². The number of piperidine rings is 1. The first-order chi connectivity index (χ1) is 12.5. The predicted octanol–water partition coefficient (Wildman–Crippen LogP) is 0.241. The van der Waals surface area contributed by atoms with E-state index in [2.05, 4.69) is 28.5 Å². The third-order valence-electron chi connectivity index (χ3n) is 5.44. The van der Waals surface area contributed by atoms with Crippen LogP contribution in [0.4, 0.5) is 0 Å². The van der Waals surface area contributed by atoms with E-state index in [1.54, 1.807) is 4.90 Å². The Morgan fingerprint density at radius 3 is 2.77 bits per heavy atom. The maximum absolute atomic E-state index is 12.7. The molecule has 2 N–H and O–H groups in total. The van der Waals surface area contributed by atoms with E-state index in [1.807, 2.05) is 12.1 Å². The zero-order valence-corrected chi connectivity index (χ0v) is 15.0. The molecule has 1 aromatic carbocycles. The maximum atomic E-state index is 12.7. The molecule has 7 heteroatoms. The van der Waals surface area contributed by atoms with Crippen molar-refractivity contribution in [3.8, 4) is 0 Å². The summed E-state index contributed by atoms with van der Waals surface area (Å²) in [5.74, 6) is -0.738. The second kappa shape index (κ2) is 6.81. The molecule has 138 valence electrons. The SMILES string of the molecule is CCNC1CN(Cc2ccc3c(c2)CN(C2CCC(=O)NC2=O)C3=O)C1. The second-order valence-electron chi connectivity index (χ2n) is 7.34. The van der Waals surface area contributed by atoms with Crippen molar-refractivity contribution in [2.75, 3.05) is 19.6 Å². The first kappa shape index (κ1) is 17.2. The maximum Gasteiger partial charge on any atom is 0.255 e. The third kappa shape index (κ3) is 3.12. The normalized spacial score (nSPS) is 23.8. The highest BCUT2D eigenvalue weighted by atomic mass is 16.2. The standard InChI is InChI=1S/C19H24N4O3/c1-2-20-14-10-22(11-14)8-12-3-4-15-13(7-12)9-23(19(15)26)16-5-6-17(24)21-18(16)25/h3-4,7,14,16,20H,2,5-6,8-11H2,1H3,(H,21,24,25). The topological polar surface area (TPSA) is 81.8 Å². The summed E-state index contributed by atoms with van der Waals surface area (Å²) in [4.78, 5) is 40.1. The van der Waals surface area contributed by atoms with Gasteiger partial charge in [0.25, 0.3) is 5.91 Å². The molecule has 1 unspecified atom stereocenters. The molecule has 0 radical (unpaired) electrons. The summed E-state index contributed by atoms with van der Waals surface area (Å²) in [6, 6.07) is 6.00. The number of imide groups is 1. The number of benzene rings is 1. The zero-order chi connectivity index (χ0) is 18.3. The Morgan fingerprint density at radius 1 is 1.23 bits per heavy atom. The number of hydrogen-bond donors (Lipinski definition) is 2. The molecule has 0 aliphatic carbocycles. The van der Waals surface area contributed by atoms with Crippen LogP contribution in [0, 0.1) is 0 Å². The summed E-state index contributed by atoms with van der Waals surface area (Å²) in [5.41, 5.74) is 2.84. The third-order valence-corrected chi connectivity index (χ3v) is 5.44. The highest BCUT2D eigenvalue weighted by Gasteiger charge is 2.39. The van der Waals surface area contributed by atoms with E-state index in [1.165, 1.54) is 5.56 Å². The van der Waals surface area contributed by atoms with Crippen molar-refractivity contribution < 1.29 is 14.4 Å². The molecule has 4 rings (SSSR count). The van der Waals surface area contributed by atoms with E-state index < -0.39 is 6.04 Å². The number of hydrogen-bond acceptors (Lipinski definition) is 5. The molecular weight excluding hydrogens is 332 g/mol. The molecule has 3 aliphatic heterocycles. The molecule has 0 aromatic heterocycles. The highest BCUT2D eigenvalue weighted by molar-refractivity contribution is 6.05. The van der Waals surface area contributed by atoms with Gasteiger partial charge in [-0.3, -0.25) is 24.6 Å². The van der Waals surface area contributed by atoms with Crippen LogP contribution in [-0.4, -0.2) is 59.2 Å². The summed E-state index contributed by atoms with van der Waals surface area (Å²) >= 11 is 0. The van der Waals surface area contributed by atoms with Crippen molar-refractivity contribution in [3.05, 3.63) is 34.9 Å². The second-order valence-corrected chi connectivity index (χ2v) is 7.34. The fourth-order valence-corrected chi connectivity index (χ4v) is 4.10. The van der Waals surface area contributed by atoms with Crippen molar-refractivity contribution in [1.29, 1.82) is 0 Å². The molecule has 0 bridgehead atoms. The van der Waals surface area contributed by atoms with Crippen molar-refractivity contribution in [2.45, 2.75) is 44.9 Å². The van der Waals surface area contributed by atoms with E-state index in [9.17, 15) is 14.4 Å². The van der Waals surface area contributed by atoms with Crippen LogP contribution >= 0.6 is 0 Å². The lowest BCUT2D eigenvalue weighted by Crippen LogP contribution is -2.57. The van der Waals surface area contributed by atoms with Gasteiger partial charge in [0.1, 0.15) is 6.04 Å². The first-order valence-corrected chi connectivity index (χ1v) is 9.27. The Balaban J connectivity index is 1.42. The summed E-state index contributed by atoms with van der Waals surface area (Å²) in [6.07, 6.45) is 0.681. The number of fused-ring (bicyclic) bond motifs is 1. The van der Waals surface area contributed by atoms with Crippen LogP contribution in [0.15, 0.2) is 18.2 Å². The van der Waals surface area contributed by atoms with Crippen LogP contribution in [0.2, 0.25) is 0 Å². The number of nitrogens with zero attached hydrogens (tertiary/aromatic N) is 2. The van der Waals surface area contributed by atoms with Gasteiger partial charge in [0, 0.05) is 44.2 Å². The van der Waals surface area contributed by atoms with Gasteiger partial charge in [-0.1, -0.05) is 19.1 Å². The van der Waals surface area contributed by atoms with E-state index >= 15 is 0 Å². The number of amides is 3. The first-order valence-electron chi connectivity index (χ1n) is 9.27. The Kier molecular flexibility index (Phi) is 4.50. The van der Waals surface area contributed by atoms with Gasteiger partial charge in [0.2, 0.25) is 11.8 Å². The fraction of sp³-hybridized carbons (Fsp3) is 0.526. The molecule has 0 saturated carbocycles. The Labute approximate surface area is 152 Å². The largest absolute Gasteiger partial charge is 0.322 e. The van der Waals surface area contributed by atoms with Gasteiger partial charge in [0.05, 0.1) is 0 Å². The molecule has 1 aromatic rings. The molecule has 26 heavy (non-hydrogen) atoms. The average Bonchev–Trinajstić information content (AvgIpc) is 2.89. The minimum absolute atomic E-state index is 0.114. The molecule has 2 saturated heterocycles. The lowest BCUT2D eigenvalue weighted by atomic mass is 10.0. The number of nitrogens with one attached hydrogen (secondary N) is 2. The molecule has 3 amide bonds. The van der Waals surface area contributed by atoms with Gasteiger partial charge in [-0.25, -0.2) is 0 Å². The van der Waals surface area contributed by atoms with Crippen LogP contribution in [0.3, 0.4) is 0 Å². The van der Waals surface area contributed by atoms with Crippen LogP contribution in [0.25, 0.3) is 0 Å². The highest BCUT2D eigenvalue weighted by Crippen LogP contribution is 2.28. The quantitative estimate of drug-likeness (QED) is 0.739. The summed E-state index contributed by atoms with van der Waals surface area (Å²) in [7, 11) is 0. The van der Waals surface area contributed by atoms with Crippen LogP contribution in [0.1, 0.15) is 41.3 Å². The van der Waals surface area contributed by atoms with Crippen LogP contribution < -0.4 is 10.6 Å². The molecule has 7 nitrogen and oxygen atoms in total. The summed E-state index contributed by atoms with van der Waals surface area (Å²) in [5, 5.41) is 5.78. The van der Waals surface area contributed by atoms with Gasteiger partial charge in [0.15, 0.2) is 0 Å². The monoisotopic (exact) mass is 356 g/mol. The molecule has 1 atom stereocenters. The fourth-order valence-electron chi connectivity index (χ4n) is 4.10.